The summed E-state index contributed by atoms with van der Waals surface area (Å²) in [6.45, 7) is 2.63. The van der Waals surface area contributed by atoms with Gasteiger partial charge < -0.3 is 14.4 Å². The summed E-state index contributed by atoms with van der Waals surface area (Å²) in [4.78, 5) is 26.7. The van der Waals surface area contributed by atoms with Crippen molar-refractivity contribution in [1.82, 2.24) is 0 Å². The molecule has 27 heavy (non-hydrogen) atoms. The number of anilines is 1. The van der Waals surface area contributed by atoms with Gasteiger partial charge in [0.1, 0.15) is 12.1 Å². The van der Waals surface area contributed by atoms with Crippen molar-refractivity contribution in [2.75, 3.05) is 18.1 Å². The Morgan fingerprint density at radius 3 is 2.93 bits per heavy atom. The van der Waals surface area contributed by atoms with E-state index in [-0.39, 0.29) is 19.0 Å². The summed E-state index contributed by atoms with van der Waals surface area (Å²) in [6.07, 6.45) is 0.690. The number of thiophene rings is 1. The van der Waals surface area contributed by atoms with Crippen molar-refractivity contribution in [3.63, 3.8) is 0 Å². The predicted octanol–water partition coefficient (Wildman–Crippen LogP) is 4.06. The Bertz CT molecular complexity index is 1030. The van der Waals surface area contributed by atoms with Crippen LogP contribution in [-0.2, 0) is 26.3 Å². The molecule has 0 radical (unpaired) electrons. The van der Waals surface area contributed by atoms with E-state index in [2.05, 4.69) is 0 Å². The molecule has 0 saturated carbocycles. The summed E-state index contributed by atoms with van der Waals surface area (Å²) in [5, 5.41) is 2.86. The zero-order chi connectivity index (χ0) is 19.0. The highest BCUT2D eigenvalue weighted by molar-refractivity contribution is 7.17. The molecule has 0 saturated heterocycles. The monoisotopic (exact) mass is 383 g/mol. The molecule has 0 fully saturated rings. The molecule has 138 valence electrons. The minimum absolute atomic E-state index is 0.210. The van der Waals surface area contributed by atoms with Crippen molar-refractivity contribution < 1.29 is 18.7 Å². The topological polar surface area (TPSA) is 46.6 Å². The molecular formula is C21H18FNO3S. The Kier molecular flexibility index (Phi) is 4.44. The zero-order valence-electron chi connectivity index (χ0n) is 14.8. The highest BCUT2D eigenvalue weighted by atomic mass is 32.1. The average molecular weight is 383 g/mol. The van der Waals surface area contributed by atoms with Crippen LogP contribution in [0.25, 0.3) is 10.1 Å². The molecule has 1 aliphatic rings. The number of benzene rings is 2. The summed E-state index contributed by atoms with van der Waals surface area (Å²) < 4.78 is 19.9. The van der Waals surface area contributed by atoms with E-state index >= 15 is 0 Å². The lowest BCUT2D eigenvalue weighted by molar-refractivity contribution is -0.150. The van der Waals surface area contributed by atoms with E-state index < -0.39 is 11.4 Å². The Morgan fingerprint density at radius 2 is 2.15 bits per heavy atom. The highest BCUT2D eigenvalue weighted by Crippen LogP contribution is 2.42. The van der Waals surface area contributed by atoms with Crippen LogP contribution < -0.4 is 4.90 Å². The number of fused-ring (bicyclic) bond motifs is 2. The molecule has 2 heterocycles. The normalized spacial score (nSPS) is 18.5. The minimum atomic E-state index is -1.33. The van der Waals surface area contributed by atoms with Crippen LogP contribution in [-0.4, -0.2) is 25.4 Å². The molecule has 6 heteroatoms. The summed E-state index contributed by atoms with van der Waals surface area (Å²) in [5.41, 5.74) is 1.12. The highest BCUT2D eigenvalue weighted by Gasteiger charge is 2.50. The van der Waals surface area contributed by atoms with Crippen molar-refractivity contribution in [3.05, 3.63) is 64.8 Å². The number of aldehydes is 1. The Balaban J connectivity index is 1.75. The van der Waals surface area contributed by atoms with Gasteiger partial charge in [-0.15, -0.1) is 11.3 Å². The molecule has 4 rings (SSSR count). The van der Waals surface area contributed by atoms with Gasteiger partial charge in [0.15, 0.2) is 5.41 Å². The third-order valence-corrected chi connectivity index (χ3v) is 6.00. The number of hydrogen-bond acceptors (Lipinski definition) is 5. The van der Waals surface area contributed by atoms with Gasteiger partial charge in [-0.05, 0) is 42.1 Å². The van der Waals surface area contributed by atoms with Gasteiger partial charge in [0.2, 0.25) is 0 Å². The second kappa shape index (κ2) is 6.78. The first-order valence-electron chi connectivity index (χ1n) is 8.72. The van der Waals surface area contributed by atoms with E-state index in [0.717, 1.165) is 21.3 Å². The van der Waals surface area contributed by atoms with Crippen LogP contribution in [0.2, 0.25) is 0 Å². The Morgan fingerprint density at radius 1 is 1.33 bits per heavy atom. The van der Waals surface area contributed by atoms with E-state index in [9.17, 15) is 14.0 Å². The van der Waals surface area contributed by atoms with Crippen LogP contribution in [0.4, 0.5) is 10.1 Å². The summed E-state index contributed by atoms with van der Waals surface area (Å²) in [6, 6.07) is 12.1. The molecule has 4 nitrogen and oxygen atoms in total. The van der Waals surface area contributed by atoms with Crippen molar-refractivity contribution >= 4 is 39.4 Å². The van der Waals surface area contributed by atoms with E-state index in [0.29, 0.717) is 18.4 Å². The minimum Gasteiger partial charge on any atom is -0.465 e. The van der Waals surface area contributed by atoms with Crippen LogP contribution in [0, 0.1) is 5.82 Å². The largest absolute Gasteiger partial charge is 0.465 e. The fourth-order valence-electron chi connectivity index (χ4n) is 3.70. The second-order valence-corrected chi connectivity index (χ2v) is 7.50. The number of halogens is 1. The molecule has 0 aliphatic carbocycles. The maximum atomic E-state index is 13.7. The maximum Gasteiger partial charge on any atom is 0.325 e. The number of carbonyl (C=O) groups is 2. The molecule has 0 bridgehead atoms. The standard InChI is InChI=1S/C21H18FNO3S/c1-2-26-20(25)21(13-24)12-23(18-6-4-3-5-17(18)21)10-14-11-27-19-8-7-15(22)9-16(14)19/h3-9,11,13H,2,10,12H2,1H3. The molecule has 0 N–H and O–H groups in total. The summed E-state index contributed by atoms with van der Waals surface area (Å²) in [5.74, 6) is -0.811. The van der Waals surface area contributed by atoms with Crippen LogP contribution in [0.1, 0.15) is 18.1 Å². The SMILES string of the molecule is CCOC(=O)C1(C=O)CN(Cc2csc3ccc(F)cc23)c2ccccc21. The molecule has 1 atom stereocenters. The first-order valence-corrected chi connectivity index (χ1v) is 9.60. The van der Waals surface area contributed by atoms with Crippen LogP contribution in [0.15, 0.2) is 47.8 Å². The van der Waals surface area contributed by atoms with Crippen molar-refractivity contribution in [3.8, 4) is 0 Å². The first-order chi connectivity index (χ1) is 13.1. The summed E-state index contributed by atoms with van der Waals surface area (Å²) >= 11 is 1.55. The van der Waals surface area contributed by atoms with Crippen molar-refractivity contribution in [1.29, 1.82) is 0 Å². The molecule has 1 unspecified atom stereocenters. The number of rotatable bonds is 5. The Labute approximate surface area is 160 Å². The average Bonchev–Trinajstić information content (AvgIpc) is 3.22. The van der Waals surface area contributed by atoms with Gasteiger partial charge in [-0.1, -0.05) is 18.2 Å². The van der Waals surface area contributed by atoms with E-state index in [4.69, 9.17) is 4.74 Å². The van der Waals surface area contributed by atoms with Crippen LogP contribution >= 0.6 is 11.3 Å². The lowest BCUT2D eigenvalue weighted by Crippen LogP contribution is -2.43. The van der Waals surface area contributed by atoms with Crippen LogP contribution in [0.3, 0.4) is 0 Å². The van der Waals surface area contributed by atoms with E-state index in [1.165, 1.54) is 12.1 Å². The molecular weight excluding hydrogens is 365 g/mol. The number of carbonyl (C=O) groups excluding carboxylic acids is 2. The summed E-state index contributed by atoms with van der Waals surface area (Å²) in [7, 11) is 0. The first kappa shape index (κ1) is 17.7. The molecule has 0 spiro atoms. The van der Waals surface area contributed by atoms with Gasteiger partial charge in [-0.25, -0.2) is 4.39 Å². The number of hydrogen-bond donors (Lipinski definition) is 0. The van der Waals surface area contributed by atoms with Gasteiger partial charge in [-0.2, -0.15) is 0 Å². The third kappa shape index (κ3) is 2.80. The van der Waals surface area contributed by atoms with Gasteiger partial charge >= 0.3 is 5.97 Å². The van der Waals surface area contributed by atoms with Gasteiger partial charge in [-0.3, -0.25) is 4.79 Å². The zero-order valence-corrected chi connectivity index (χ0v) is 15.6. The molecule has 0 amide bonds. The fourth-order valence-corrected chi connectivity index (χ4v) is 4.64. The van der Waals surface area contributed by atoms with Crippen LogP contribution in [0.5, 0.6) is 0 Å². The smallest absolute Gasteiger partial charge is 0.325 e. The number of esters is 1. The van der Waals surface area contributed by atoms with Gasteiger partial charge in [0.25, 0.3) is 0 Å². The molecule has 1 aliphatic heterocycles. The van der Waals surface area contributed by atoms with E-state index in [1.54, 1.807) is 30.4 Å². The second-order valence-electron chi connectivity index (χ2n) is 6.58. The van der Waals surface area contributed by atoms with Crippen molar-refractivity contribution in [2.45, 2.75) is 18.9 Å². The van der Waals surface area contributed by atoms with E-state index in [1.807, 2.05) is 28.5 Å². The quantitative estimate of drug-likeness (QED) is 0.379. The lowest BCUT2D eigenvalue weighted by Gasteiger charge is -2.23. The lowest BCUT2D eigenvalue weighted by atomic mass is 9.84. The fraction of sp³-hybridized carbons (Fsp3) is 0.238. The maximum absolute atomic E-state index is 13.7. The van der Waals surface area contributed by atoms with Gasteiger partial charge in [0.05, 0.1) is 6.61 Å². The number of nitrogens with zero attached hydrogens (tertiary/aromatic N) is 1. The predicted molar refractivity (Wildman–Crippen MR) is 104 cm³/mol. The molecule has 1 aromatic heterocycles. The number of para-hydroxylation sites is 1. The van der Waals surface area contributed by atoms with Crippen molar-refractivity contribution in [2.24, 2.45) is 0 Å². The Hall–Kier alpha value is -2.73. The molecule has 2 aromatic carbocycles. The van der Waals surface area contributed by atoms with Gasteiger partial charge in [0, 0.05) is 34.4 Å². The molecule has 3 aromatic rings. The number of ether oxygens (including phenoxy) is 1. The third-order valence-electron chi connectivity index (χ3n) is 4.98.